The Morgan fingerprint density at radius 3 is 2.55 bits per heavy atom. The SMILES string of the molecule is CCCC[C@H](F)C(=O)OC1CCC(COc2ccc(-c3ncc(C)cn3)cc2F)CC1. The van der Waals surface area contributed by atoms with Crippen molar-refractivity contribution < 1.29 is 23.0 Å². The third-order valence-electron chi connectivity index (χ3n) is 5.59. The van der Waals surface area contributed by atoms with Gasteiger partial charge in [-0.3, -0.25) is 0 Å². The number of esters is 1. The summed E-state index contributed by atoms with van der Waals surface area (Å²) in [5.41, 5.74) is 1.53. The second-order valence-corrected chi connectivity index (χ2v) is 8.23. The molecule has 3 rings (SSSR count). The summed E-state index contributed by atoms with van der Waals surface area (Å²) in [4.78, 5) is 20.2. The zero-order chi connectivity index (χ0) is 22.2. The lowest BCUT2D eigenvalue weighted by Crippen LogP contribution is -2.30. The molecule has 168 valence electrons. The summed E-state index contributed by atoms with van der Waals surface area (Å²) in [5, 5.41) is 0. The van der Waals surface area contributed by atoms with Crippen molar-refractivity contribution in [2.45, 2.75) is 71.1 Å². The lowest BCUT2D eigenvalue weighted by Gasteiger charge is -2.28. The van der Waals surface area contributed by atoms with Crippen molar-refractivity contribution in [2.75, 3.05) is 6.61 Å². The van der Waals surface area contributed by atoms with Gasteiger partial charge in [-0.25, -0.2) is 23.5 Å². The van der Waals surface area contributed by atoms with Crippen LogP contribution in [0.2, 0.25) is 0 Å². The molecule has 0 bridgehead atoms. The molecule has 1 aliphatic carbocycles. The van der Waals surface area contributed by atoms with E-state index in [4.69, 9.17) is 9.47 Å². The van der Waals surface area contributed by atoms with Gasteiger partial charge in [-0.1, -0.05) is 19.8 Å². The van der Waals surface area contributed by atoms with Gasteiger partial charge in [-0.15, -0.1) is 0 Å². The minimum atomic E-state index is -1.53. The van der Waals surface area contributed by atoms with Crippen LogP contribution in [0.5, 0.6) is 5.75 Å². The highest BCUT2D eigenvalue weighted by atomic mass is 19.1. The Bertz CT molecular complexity index is 852. The first kappa shape index (κ1) is 23.1. The number of hydrogen-bond acceptors (Lipinski definition) is 5. The Morgan fingerprint density at radius 1 is 1.19 bits per heavy atom. The van der Waals surface area contributed by atoms with Crippen molar-refractivity contribution in [2.24, 2.45) is 5.92 Å². The fraction of sp³-hybridized carbons (Fsp3) is 0.542. The fourth-order valence-corrected chi connectivity index (χ4v) is 3.66. The number of rotatable bonds is 9. The Morgan fingerprint density at radius 2 is 1.90 bits per heavy atom. The number of carbonyl (C=O) groups is 1. The van der Waals surface area contributed by atoms with Crippen LogP contribution in [0.1, 0.15) is 57.4 Å². The Hall–Kier alpha value is -2.57. The molecular weight excluding hydrogens is 402 g/mol. The minimum absolute atomic E-state index is 0.195. The molecule has 0 N–H and O–H groups in total. The molecule has 1 aromatic heterocycles. The number of hydrogen-bond donors (Lipinski definition) is 0. The van der Waals surface area contributed by atoms with Crippen LogP contribution in [-0.2, 0) is 9.53 Å². The molecule has 5 nitrogen and oxygen atoms in total. The number of ether oxygens (including phenoxy) is 2. The normalized spacial score (nSPS) is 19.6. The van der Waals surface area contributed by atoms with Crippen LogP contribution in [0.15, 0.2) is 30.6 Å². The average molecular weight is 433 g/mol. The number of benzene rings is 1. The predicted molar refractivity (Wildman–Crippen MR) is 114 cm³/mol. The highest BCUT2D eigenvalue weighted by molar-refractivity contribution is 5.74. The summed E-state index contributed by atoms with van der Waals surface area (Å²) < 4.78 is 39.3. The van der Waals surface area contributed by atoms with Gasteiger partial charge in [0.2, 0.25) is 0 Å². The zero-order valence-corrected chi connectivity index (χ0v) is 18.2. The van der Waals surface area contributed by atoms with E-state index in [1.165, 1.54) is 6.07 Å². The number of carbonyl (C=O) groups excluding carboxylic acids is 1. The van der Waals surface area contributed by atoms with Crippen LogP contribution >= 0.6 is 0 Å². The van der Waals surface area contributed by atoms with E-state index in [2.05, 4.69) is 9.97 Å². The van der Waals surface area contributed by atoms with E-state index in [0.29, 0.717) is 37.3 Å². The third kappa shape index (κ3) is 6.71. The molecule has 1 fully saturated rings. The molecule has 0 saturated heterocycles. The summed E-state index contributed by atoms with van der Waals surface area (Å²) in [6.07, 6.45) is 6.29. The van der Waals surface area contributed by atoms with Gasteiger partial charge in [-0.2, -0.15) is 0 Å². The molecule has 31 heavy (non-hydrogen) atoms. The second-order valence-electron chi connectivity index (χ2n) is 8.23. The van der Waals surface area contributed by atoms with Crippen LogP contribution in [0.4, 0.5) is 8.78 Å². The minimum Gasteiger partial charge on any atom is -0.490 e. The summed E-state index contributed by atoms with van der Waals surface area (Å²) >= 11 is 0. The van der Waals surface area contributed by atoms with Crippen molar-refractivity contribution >= 4 is 5.97 Å². The largest absolute Gasteiger partial charge is 0.490 e. The third-order valence-corrected chi connectivity index (χ3v) is 5.59. The van der Waals surface area contributed by atoms with E-state index >= 15 is 0 Å². The topological polar surface area (TPSA) is 61.3 Å². The van der Waals surface area contributed by atoms with E-state index in [9.17, 15) is 13.6 Å². The molecule has 1 heterocycles. The van der Waals surface area contributed by atoms with Crippen LogP contribution in [0, 0.1) is 18.7 Å². The summed E-state index contributed by atoms with van der Waals surface area (Å²) in [6, 6.07) is 4.71. The highest BCUT2D eigenvalue weighted by Gasteiger charge is 2.27. The van der Waals surface area contributed by atoms with Gasteiger partial charge in [0.25, 0.3) is 0 Å². The number of halogens is 2. The van der Waals surface area contributed by atoms with Crippen molar-refractivity contribution in [1.82, 2.24) is 9.97 Å². The first-order valence-electron chi connectivity index (χ1n) is 11.0. The van der Waals surface area contributed by atoms with Gasteiger partial charge in [0.15, 0.2) is 23.6 Å². The van der Waals surface area contributed by atoms with Gasteiger partial charge in [0, 0.05) is 18.0 Å². The van der Waals surface area contributed by atoms with Crippen LogP contribution in [0.25, 0.3) is 11.4 Å². The number of nitrogens with zero attached hydrogens (tertiary/aromatic N) is 2. The van der Waals surface area contributed by atoms with Gasteiger partial charge < -0.3 is 9.47 Å². The van der Waals surface area contributed by atoms with Crippen molar-refractivity contribution in [1.29, 1.82) is 0 Å². The monoisotopic (exact) mass is 432 g/mol. The molecule has 1 saturated carbocycles. The Balaban J connectivity index is 1.44. The lowest BCUT2D eigenvalue weighted by molar-refractivity contribution is -0.157. The summed E-state index contributed by atoms with van der Waals surface area (Å²) in [6.45, 7) is 4.24. The van der Waals surface area contributed by atoms with Gasteiger partial charge in [0.1, 0.15) is 6.10 Å². The molecule has 0 spiro atoms. The van der Waals surface area contributed by atoms with Gasteiger partial charge in [0.05, 0.1) is 6.61 Å². The van der Waals surface area contributed by atoms with E-state index in [-0.39, 0.29) is 24.2 Å². The molecule has 1 atom stereocenters. The quantitative estimate of drug-likeness (QED) is 0.483. The molecule has 0 radical (unpaired) electrons. The molecular formula is C24H30F2N2O3. The highest BCUT2D eigenvalue weighted by Crippen LogP contribution is 2.29. The Kier molecular flexibility index (Phi) is 8.32. The van der Waals surface area contributed by atoms with Crippen molar-refractivity contribution in [3.05, 3.63) is 42.0 Å². The number of alkyl halides is 1. The summed E-state index contributed by atoms with van der Waals surface area (Å²) in [5.74, 6) is -0.288. The second kappa shape index (κ2) is 11.2. The van der Waals surface area contributed by atoms with Gasteiger partial charge in [-0.05, 0) is 68.7 Å². The first-order valence-corrected chi connectivity index (χ1v) is 11.0. The average Bonchev–Trinajstić information content (AvgIpc) is 2.78. The van der Waals surface area contributed by atoms with E-state index < -0.39 is 18.0 Å². The molecule has 7 heteroatoms. The van der Waals surface area contributed by atoms with E-state index in [0.717, 1.165) is 24.8 Å². The molecule has 2 aromatic rings. The van der Waals surface area contributed by atoms with Crippen LogP contribution < -0.4 is 4.74 Å². The van der Waals surface area contributed by atoms with E-state index in [1.807, 2.05) is 13.8 Å². The molecule has 1 aromatic carbocycles. The predicted octanol–water partition coefficient (Wildman–Crippen LogP) is 5.60. The molecule has 0 aliphatic heterocycles. The maximum absolute atomic E-state index is 14.5. The lowest BCUT2D eigenvalue weighted by atomic mass is 9.88. The zero-order valence-electron chi connectivity index (χ0n) is 18.2. The fourth-order valence-electron chi connectivity index (χ4n) is 3.66. The van der Waals surface area contributed by atoms with E-state index in [1.54, 1.807) is 24.5 Å². The molecule has 0 amide bonds. The number of unbranched alkanes of at least 4 members (excludes halogenated alkanes) is 1. The van der Waals surface area contributed by atoms with Crippen molar-refractivity contribution in [3.8, 4) is 17.1 Å². The van der Waals surface area contributed by atoms with Crippen LogP contribution in [-0.4, -0.2) is 34.8 Å². The van der Waals surface area contributed by atoms with Gasteiger partial charge >= 0.3 is 5.97 Å². The standard InChI is InChI=1S/C24H30F2N2O3/c1-3-4-5-20(25)24(29)31-19-9-6-17(7-10-19)15-30-22-11-8-18(12-21(22)26)23-27-13-16(2)14-28-23/h8,11-14,17,19-20H,3-7,9-10,15H2,1-2H3/t17?,19?,20-/m0/s1. The summed E-state index contributed by atoms with van der Waals surface area (Å²) in [7, 11) is 0. The number of aryl methyl sites for hydroxylation is 1. The maximum atomic E-state index is 14.5. The Labute approximate surface area is 182 Å². The van der Waals surface area contributed by atoms with Crippen LogP contribution in [0.3, 0.4) is 0 Å². The molecule has 1 aliphatic rings. The smallest absolute Gasteiger partial charge is 0.340 e. The molecule has 0 unspecified atom stereocenters. The number of aromatic nitrogens is 2. The first-order chi connectivity index (χ1) is 15.0. The van der Waals surface area contributed by atoms with Crippen molar-refractivity contribution in [3.63, 3.8) is 0 Å². The maximum Gasteiger partial charge on any atom is 0.340 e.